The molecule has 4 aromatic rings. The minimum Gasteiger partial charge on any atom is -0.450 e. The Morgan fingerprint density at radius 1 is 1.00 bits per heavy atom. The van der Waals surface area contributed by atoms with Crippen molar-refractivity contribution in [1.82, 2.24) is 4.98 Å². The first-order chi connectivity index (χ1) is 14.5. The minimum absolute atomic E-state index is 0.0121. The predicted molar refractivity (Wildman–Crippen MR) is 117 cm³/mol. The number of para-hydroxylation sites is 1. The van der Waals surface area contributed by atoms with E-state index >= 15 is 0 Å². The monoisotopic (exact) mass is 436 g/mol. The second kappa shape index (κ2) is 6.97. The lowest BCUT2D eigenvalue weighted by Gasteiger charge is -2.24. The predicted octanol–water partition coefficient (Wildman–Crippen LogP) is 5.55. The summed E-state index contributed by atoms with van der Waals surface area (Å²) in [5.41, 5.74) is 1.94. The van der Waals surface area contributed by atoms with Crippen LogP contribution in [0.4, 0.5) is 5.82 Å². The zero-order valence-electron chi connectivity index (χ0n) is 15.7. The molecule has 7 heteroatoms. The van der Waals surface area contributed by atoms with Crippen LogP contribution in [0.1, 0.15) is 33.3 Å². The molecule has 1 aliphatic heterocycles. The third-order valence-corrected chi connectivity index (χ3v) is 5.92. The van der Waals surface area contributed by atoms with Gasteiger partial charge in [-0.3, -0.25) is 14.5 Å². The lowest BCUT2D eigenvalue weighted by atomic mass is 9.98. The number of fused-ring (bicyclic) bond motifs is 2. The number of pyridine rings is 1. The Morgan fingerprint density at radius 3 is 2.57 bits per heavy atom. The Labute approximate surface area is 181 Å². The van der Waals surface area contributed by atoms with Gasteiger partial charge in [-0.2, -0.15) is 0 Å². The molecule has 0 spiro atoms. The molecule has 0 saturated heterocycles. The molecule has 3 heterocycles. The highest BCUT2D eigenvalue weighted by Gasteiger charge is 2.44. The van der Waals surface area contributed by atoms with E-state index in [1.54, 1.807) is 54.7 Å². The van der Waals surface area contributed by atoms with Crippen LogP contribution < -0.4 is 10.3 Å². The van der Waals surface area contributed by atoms with Crippen LogP contribution >= 0.6 is 23.2 Å². The van der Waals surface area contributed by atoms with Gasteiger partial charge in [0.1, 0.15) is 11.4 Å². The number of benzene rings is 2. The lowest BCUT2D eigenvalue weighted by Crippen LogP contribution is -2.30. The van der Waals surface area contributed by atoms with Crippen LogP contribution in [0.3, 0.4) is 0 Å². The van der Waals surface area contributed by atoms with E-state index < -0.39 is 11.9 Å². The highest BCUT2D eigenvalue weighted by molar-refractivity contribution is 6.42. The molecule has 0 N–H and O–H groups in total. The average molecular weight is 437 g/mol. The molecule has 2 aromatic heterocycles. The van der Waals surface area contributed by atoms with E-state index in [9.17, 15) is 9.59 Å². The molecule has 2 aromatic carbocycles. The highest BCUT2D eigenvalue weighted by atomic mass is 35.5. The van der Waals surface area contributed by atoms with Crippen LogP contribution in [-0.4, -0.2) is 10.9 Å². The lowest BCUT2D eigenvalue weighted by molar-refractivity contribution is 0.0970. The maximum absolute atomic E-state index is 13.4. The van der Waals surface area contributed by atoms with Gasteiger partial charge in [-0.25, -0.2) is 4.98 Å². The van der Waals surface area contributed by atoms with Crippen molar-refractivity contribution in [2.75, 3.05) is 4.90 Å². The third-order valence-electron chi connectivity index (χ3n) is 5.18. The first kappa shape index (κ1) is 18.9. The number of halogens is 2. The van der Waals surface area contributed by atoms with Crippen LogP contribution in [0.25, 0.3) is 11.0 Å². The summed E-state index contributed by atoms with van der Waals surface area (Å²) in [6.07, 6.45) is 1.62. The van der Waals surface area contributed by atoms with Gasteiger partial charge in [0.15, 0.2) is 5.43 Å². The molecule has 1 amide bonds. The van der Waals surface area contributed by atoms with Gasteiger partial charge in [0.25, 0.3) is 5.91 Å². The van der Waals surface area contributed by atoms with Gasteiger partial charge in [0.05, 0.1) is 27.0 Å². The van der Waals surface area contributed by atoms with Crippen molar-refractivity contribution in [3.05, 3.63) is 104 Å². The number of nitrogens with zero attached hydrogens (tertiary/aromatic N) is 2. The fraction of sp³-hybridized carbons (Fsp3) is 0.0870. The fourth-order valence-corrected chi connectivity index (χ4v) is 4.11. The van der Waals surface area contributed by atoms with Crippen molar-refractivity contribution in [2.45, 2.75) is 13.0 Å². The number of hydrogen-bond acceptors (Lipinski definition) is 4. The van der Waals surface area contributed by atoms with E-state index in [1.807, 2.05) is 13.0 Å². The van der Waals surface area contributed by atoms with Crippen LogP contribution in [0.2, 0.25) is 10.0 Å². The van der Waals surface area contributed by atoms with Gasteiger partial charge >= 0.3 is 0 Å². The number of anilines is 1. The second-order valence-electron chi connectivity index (χ2n) is 7.11. The largest absolute Gasteiger partial charge is 0.450 e. The summed E-state index contributed by atoms with van der Waals surface area (Å²) in [4.78, 5) is 32.7. The zero-order chi connectivity index (χ0) is 21.0. The Bertz CT molecular complexity index is 1400. The molecule has 5 rings (SSSR count). The normalized spacial score (nSPS) is 15.6. The van der Waals surface area contributed by atoms with E-state index in [2.05, 4.69) is 4.98 Å². The Kier molecular flexibility index (Phi) is 4.38. The molecule has 0 fully saturated rings. The summed E-state index contributed by atoms with van der Waals surface area (Å²) >= 11 is 12.4. The van der Waals surface area contributed by atoms with Crippen molar-refractivity contribution < 1.29 is 9.21 Å². The molecule has 30 heavy (non-hydrogen) atoms. The molecular weight excluding hydrogens is 423 g/mol. The van der Waals surface area contributed by atoms with E-state index in [0.29, 0.717) is 32.4 Å². The quantitative estimate of drug-likeness (QED) is 0.412. The summed E-state index contributed by atoms with van der Waals surface area (Å²) in [6, 6.07) is 14.8. The Morgan fingerprint density at radius 2 is 1.80 bits per heavy atom. The molecule has 5 nitrogen and oxygen atoms in total. The Hall–Kier alpha value is -3.15. The summed E-state index contributed by atoms with van der Waals surface area (Å²) in [7, 11) is 0. The number of amides is 1. The number of hydrogen-bond donors (Lipinski definition) is 0. The summed E-state index contributed by atoms with van der Waals surface area (Å²) < 4.78 is 5.91. The van der Waals surface area contributed by atoms with Gasteiger partial charge in [-0.15, -0.1) is 0 Å². The van der Waals surface area contributed by atoms with Crippen LogP contribution in [-0.2, 0) is 0 Å². The smallest absolute Gasteiger partial charge is 0.296 e. The Balaban J connectivity index is 1.83. The molecule has 0 bridgehead atoms. The fourth-order valence-electron chi connectivity index (χ4n) is 3.81. The van der Waals surface area contributed by atoms with E-state index in [1.165, 1.54) is 4.90 Å². The van der Waals surface area contributed by atoms with E-state index in [4.69, 9.17) is 27.6 Å². The SMILES string of the molecule is Cc1ccnc(N2C(=O)c3oc4ccccc4c(=O)c3C2c2ccc(Cl)c(Cl)c2)c1. The second-order valence-corrected chi connectivity index (χ2v) is 7.93. The van der Waals surface area contributed by atoms with Crippen molar-refractivity contribution >= 4 is 45.9 Å². The molecule has 1 aliphatic rings. The van der Waals surface area contributed by atoms with Crippen molar-refractivity contribution in [2.24, 2.45) is 0 Å². The standard InChI is InChI=1S/C23H14Cl2N2O3/c1-12-8-9-26-18(10-12)27-20(13-6-7-15(24)16(25)11-13)19-21(28)14-4-2-3-5-17(14)30-22(19)23(27)29/h2-11,20H,1H3. The molecule has 148 valence electrons. The summed E-state index contributed by atoms with van der Waals surface area (Å²) in [5, 5.41) is 1.13. The molecule has 0 aliphatic carbocycles. The molecule has 0 radical (unpaired) electrons. The number of aromatic nitrogens is 1. The zero-order valence-corrected chi connectivity index (χ0v) is 17.2. The number of rotatable bonds is 2. The van der Waals surface area contributed by atoms with Gasteiger partial charge in [0, 0.05) is 6.20 Å². The molecule has 1 atom stereocenters. The highest BCUT2D eigenvalue weighted by Crippen LogP contribution is 2.41. The van der Waals surface area contributed by atoms with Crippen LogP contribution in [0.5, 0.6) is 0 Å². The van der Waals surface area contributed by atoms with Gasteiger partial charge in [-0.1, -0.05) is 41.4 Å². The van der Waals surface area contributed by atoms with Crippen molar-refractivity contribution in [3.8, 4) is 0 Å². The first-order valence-corrected chi connectivity index (χ1v) is 9.98. The molecule has 0 saturated carbocycles. The van der Waals surface area contributed by atoms with E-state index in [-0.39, 0.29) is 16.8 Å². The third kappa shape index (κ3) is 2.82. The topological polar surface area (TPSA) is 63.4 Å². The van der Waals surface area contributed by atoms with Gasteiger partial charge < -0.3 is 4.42 Å². The summed E-state index contributed by atoms with van der Waals surface area (Å²) in [6.45, 7) is 1.91. The van der Waals surface area contributed by atoms with E-state index in [0.717, 1.165) is 5.56 Å². The maximum Gasteiger partial charge on any atom is 0.296 e. The number of carbonyl (C=O) groups excluding carboxylic acids is 1. The van der Waals surface area contributed by atoms with Gasteiger partial charge in [0.2, 0.25) is 5.76 Å². The molecular formula is C23H14Cl2N2O3. The van der Waals surface area contributed by atoms with Gasteiger partial charge in [-0.05, 0) is 54.4 Å². The number of aryl methyl sites for hydroxylation is 1. The minimum atomic E-state index is -0.738. The average Bonchev–Trinajstić information content (AvgIpc) is 3.03. The number of carbonyl (C=O) groups is 1. The summed E-state index contributed by atoms with van der Waals surface area (Å²) in [5.74, 6) is 0.00559. The van der Waals surface area contributed by atoms with Crippen molar-refractivity contribution in [1.29, 1.82) is 0 Å². The van der Waals surface area contributed by atoms with Crippen LogP contribution in [0.15, 0.2) is 70.0 Å². The van der Waals surface area contributed by atoms with Crippen molar-refractivity contribution in [3.63, 3.8) is 0 Å². The van der Waals surface area contributed by atoms with Crippen LogP contribution in [0, 0.1) is 6.92 Å². The first-order valence-electron chi connectivity index (χ1n) is 9.22. The molecule has 1 unspecified atom stereocenters. The maximum atomic E-state index is 13.4.